The zero-order chi connectivity index (χ0) is 45.2. The molecule has 0 amide bonds. The van der Waals surface area contributed by atoms with Gasteiger partial charge in [-0.05, 0) is 109 Å². The van der Waals surface area contributed by atoms with Crippen molar-refractivity contribution in [2.45, 2.75) is 5.41 Å². The third-order valence-corrected chi connectivity index (χ3v) is 15.7. The first-order valence-electron chi connectivity index (χ1n) is 23.4. The molecule has 3 aromatic heterocycles. The molecule has 0 bridgehead atoms. The van der Waals surface area contributed by atoms with Crippen molar-refractivity contribution in [3.8, 4) is 78.7 Å². The summed E-state index contributed by atoms with van der Waals surface area (Å²) in [6, 6.07) is 80.9. The Kier molecular flexibility index (Phi) is 8.12. The van der Waals surface area contributed by atoms with E-state index < -0.39 is 0 Å². The number of nitrogens with zero attached hydrogens (tertiary/aromatic N) is 3. The Balaban J connectivity index is 0.848. The van der Waals surface area contributed by atoms with Crippen LogP contribution in [0.1, 0.15) is 22.3 Å². The van der Waals surface area contributed by atoms with Gasteiger partial charge in [0.1, 0.15) is 11.2 Å². The molecule has 0 atom stereocenters. The summed E-state index contributed by atoms with van der Waals surface area (Å²) < 4.78 is 9.08. The van der Waals surface area contributed by atoms with Crippen LogP contribution in [0.4, 0.5) is 0 Å². The second-order valence-corrected chi connectivity index (χ2v) is 19.2. The normalized spacial score (nSPS) is 13.0. The number of hydrogen-bond donors (Lipinski definition) is 0. The lowest BCUT2D eigenvalue weighted by Crippen LogP contribution is -2.25. The molecular weight excluding hydrogens is 859 g/mol. The first-order valence-corrected chi connectivity index (χ1v) is 24.2. The molecule has 0 radical (unpaired) electrons. The van der Waals surface area contributed by atoms with Gasteiger partial charge in [-0.3, -0.25) is 0 Å². The van der Waals surface area contributed by atoms with Crippen molar-refractivity contribution in [3.63, 3.8) is 0 Å². The standard InChI is InChI=1S/C64H37N3OS/c1-2-14-40(15-3-1)61-65-62(42-33-35-58-49(37-42)46-18-7-11-27-57(46)69-58)67-63(66-61)48-21-13-26-56-60(48)50-36-41(32-34-55(50)68-56)38-28-30-39(31-29-38)43-20-12-25-54-59(43)47-19-6-10-24-53(47)64(54)51-22-8-4-16-44(51)45-17-5-9-23-52(45)64/h1-37H. The first-order chi connectivity index (χ1) is 34.2. The third-order valence-electron chi connectivity index (χ3n) is 14.6. The summed E-state index contributed by atoms with van der Waals surface area (Å²) in [6.07, 6.45) is 0. The summed E-state index contributed by atoms with van der Waals surface area (Å²) in [6.45, 7) is 0. The monoisotopic (exact) mass is 895 g/mol. The molecule has 0 unspecified atom stereocenters. The summed E-state index contributed by atoms with van der Waals surface area (Å²) in [7, 11) is 0. The van der Waals surface area contributed by atoms with Gasteiger partial charge in [-0.15, -0.1) is 11.3 Å². The van der Waals surface area contributed by atoms with Crippen molar-refractivity contribution < 1.29 is 4.42 Å². The Morgan fingerprint density at radius 3 is 1.67 bits per heavy atom. The van der Waals surface area contributed by atoms with Crippen molar-refractivity contribution >= 4 is 53.4 Å². The molecule has 0 saturated carbocycles. The fourth-order valence-corrected chi connectivity index (χ4v) is 12.7. The molecule has 0 aliphatic heterocycles. The molecule has 2 aliphatic rings. The first kappa shape index (κ1) is 38.3. The van der Waals surface area contributed by atoms with Crippen molar-refractivity contribution in [2.24, 2.45) is 0 Å². The van der Waals surface area contributed by atoms with Crippen LogP contribution in [0.25, 0.3) is 121 Å². The van der Waals surface area contributed by atoms with E-state index >= 15 is 0 Å². The van der Waals surface area contributed by atoms with E-state index in [1.165, 1.54) is 75.8 Å². The Labute approximate surface area is 401 Å². The van der Waals surface area contributed by atoms with E-state index in [1.807, 2.05) is 30.3 Å². The zero-order valence-corrected chi connectivity index (χ0v) is 37.8. The Bertz CT molecular complexity index is 4220. The Morgan fingerprint density at radius 2 is 0.870 bits per heavy atom. The maximum Gasteiger partial charge on any atom is 0.164 e. The third kappa shape index (κ3) is 5.53. The van der Waals surface area contributed by atoms with Gasteiger partial charge in [0.05, 0.1) is 5.41 Å². The minimum Gasteiger partial charge on any atom is -0.456 e. The van der Waals surface area contributed by atoms with Crippen molar-refractivity contribution in [1.29, 1.82) is 0 Å². The number of rotatable bonds is 5. The summed E-state index contributed by atoms with van der Waals surface area (Å²) in [4.78, 5) is 15.5. The van der Waals surface area contributed by atoms with E-state index in [4.69, 9.17) is 19.4 Å². The molecule has 0 N–H and O–H groups in total. The van der Waals surface area contributed by atoms with E-state index in [0.717, 1.165) is 49.8 Å². The average molecular weight is 896 g/mol. The molecular formula is C64H37N3OS. The fraction of sp³-hybridized carbons (Fsp3) is 0.0156. The largest absolute Gasteiger partial charge is 0.456 e. The lowest BCUT2D eigenvalue weighted by atomic mass is 9.70. The quantitative estimate of drug-likeness (QED) is 0.173. The van der Waals surface area contributed by atoms with E-state index in [0.29, 0.717) is 17.5 Å². The van der Waals surface area contributed by atoms with Crippen LogP contribution in [-0.2, 0) is 5.41 Å². The van der Waals surface area contributed by atoms with Crippen molar-refractivity contribution in [2.75, 3.05) is 0 Å². The molecule has 1 spiro atoms. The molecule has 5 heteroatoms. The number of benzene rings is 10. The second-order valence-electron chi connectivity index (χ2n) is 18.2. The highest BCUT2D eigenvalue weighted by molar-refractivity contribution is 7.25. The molecule has 13 aromatic rings. The smallest absolute Gasteiger partial charge is 0.164 e. The summed E-state index contributed by atoms with van der Waals surface area (Å²) in [5, 5.41) is 4.43. The summed E-state index contributed by atoms with van der Waals surface area (Å²) in [5.74, 6) is 1.85. The minimum absolute atomic E-state index is 0.379. The van der Waals surface area contributed by atoms with Crippen LogP contribution in [-0.4, -0.2) is 15.0 Å². The van der Waals surface area contributed by atoms with Gasteiger partial charge in [0, 0.05) is 47.6 Å². The predicted molar refractivity (Wildman–Crippen MR) is 283 cm³/mol. The lowest BCUT2D eigenvalue weighted by molar-refractivity contribution is 0.669. The number of thiophene rings is 1. The zero-order valence-electron chi connectivity index (χ0n) is 37.0. The number of fused-ring (bicyclic) bond motifs is 16. The molecule has 0 saturated heterocycles. The topological polar surface area (TPSA) is 51.8 Å². The Morgan fingerprint density at radius 1 is 0.319 bits per heavy atom. The number of aromatic nitrogens is 3. The highest BCUT2D eigenvalue weighted by atomic mass is 32.1. The lowest BCUT2D eigenvalue weighted by Gasteiger charge is -2.30. The van der Waals surface area contributed by atoms with E-state index in [2.05, 4.69) is 194 Å². The van der Waals surface area contributed by atoms with Crippen LogP contribution in [0.15, 0.2) is 229 Å². The van der Waals surface area contributed by atoms with Gasteiger partial charge in [0.2, 0.25) is 0 Å². The van der Waals surface area contributed by atoms with Gasteiger partial charge in [0.25, 0.3) is 0 Å². The SMILES string of the molecule is c1ccc(-c2nc(-c3ccc4sc5ccccc5c4c3)nc(-c3cccc4oc5ccc(-c6ccc(-c7cccc8c7-c7ccccc7C87c8ccccc8-c8ccccc87)cc6)cc5c34)n2)cc1. The Hall–Kier alpha value is -8.77. The van der Waals surface area contributed by atoms with E-state index in [9.17, 15) is 0 Å². The highest BCUT2D eigenvalue weighted by Gasteiger charge is 2.52. The van der Waals surface area contributed by atoms with Gasteiger partial charge in [0.15, 0.2) is 17.5 Å². The highest BCUT2D eigenvalue weighted by Crippen LogP contribution is 2.64. The number of hydrogen-bond acceptors (Lipinski definition) is 5. The fourth-order valence-electron chi connectivity index (χ4n) is 11.6. The van der Waals surface area contributed by atoms with E-state index in [-0.39, 0.29) is 5.41 Å². The maximum absolute atomic E-state index is 6.58. The molecule has 4 nitrogen and oxygen atoms in total. The van der Waals surface area contributed by atoms with Crippen molar-refractivity contribution in [1.82, 2.24) is 15.0 Å². The van der Waals surface area contributed by atoms with Gasteiger partial charge >= 0.3 is 0 Å². The molecule has 69 heavy (non-hydrogen) atoms. The van der Waals surface area contributed by atoms with Gasteiger partial charge in [-0.2, -0.15) is 0 Å². The van der Waals surface area contributed by atoms with Gasteiger partial charge in [-0.1, -0.05) is 182 Å². The maximum atomic E-state index is 6.58. The van der Waals surface area contributed by atoms with Crippen LogP contribution < -0.4 is 0 Å². The summed E-state index contributed by atoms with van der Waals surface area (Å²) >= 11 is 1.81. The summed E-state index contributed by atoms with van der Waals surface area (Å²) in [5.41, 5.74) is 19.3. The van der Waals surface area contributed by atoms with Gasteiger partial charge in [-0.25, -0.2) is 15.0 Å². The van der Waals surface area contributed by atoms with E-state index in [1.54, 1.807) is 11.3 Å². The second kappa shape index (κ2) is 14.6. The van der Waals surface area contributed by atoms with Crippen LogP contribution in [0.5, 0.6) is 0 Å². The van der Waals surface area contributed by atoms with Crippen LogP contribution >= 0.6 is 11.3 Å². The minimum atomic E-state index is -0.379. The predicted octanol–water partition coefficient (Wildman–Crippen LogP) is 16.8. The van der Waals surface area contributed by atoms with Crippen LogP contribution in [0.3, 0.4) is 0 Å². The molecule has 3 heterocycles. The molecule has 0 fully saturated rings. The van der Waals surface area contributed by atoms with Gasteiger partial charge < -0.3 is 4.42 Å². The van der Waals surface area contributed by atoms with Crippen molar-refractivity contribution in [3.05, 3.63) is 247 Å². The molecule has 15 rings (SSSR count). The molecule has 2 aliphatic carbocycles. The number of furan rings is 1. The molecule has 320 valence electrons. The van der Waals surface area contributed by atoms with Crippen LogP contribution in [0.2, 0.25) is 0 Å². The van der Waals surface area contributed by atoms with Crippen LogP contribution in [0, 0.1) is 0 Å². The molecule has 10 aromatic carbocycles. The average Bonchev–Trinajstić information content (AvgIpc) is 4.16.